The Hall–Kier alpha value is -2.32. The van der Waals surface area contributed by atoms with Crippen LogP contribution in [0.4, 0.5) is 5.82 Å². The van der Waals surface area contributed by atoms with Crippen molar-refractivity contribution in [2.45, 2.75) is 20.0 Å². The van der Waals surface area contributed by atoms with Crippen molar-refractivity contribution in [3.8, 4) is 17.3 Å². The van der Waals surface area contributed by atoms with E-state index in [1.807, 2.05) is 38.1 Å². The second-order valence-electron chi connectivity index (χ2n) is 4.19. The summed E-state index contributed by atoms with van der Waals surface area (Å²) in [6, 6.07) is 9.84. The summed E-state index contributed by atoms with van der Waals surface area (Å²) in [5.74, 6) is 0.296. The van der Waals surface area contributed by atoms with Crippen LogP contribution in [0.2, 0.25) is 0 Å². The highest BCUT2D eigenvalue weighted by Gasteiger charge is 2.13. The summed E-state index contributed by atoms with van der Waals surface area (Å²) in [5.41, 5.74) is 8.55. The highest BCUT2D eigenvalue weighted by Crippen LogP contribution is 2.26. The van der Waals surface area contributed by atoms with E-state index in [2.05, 4.69) is 16.3 Å². The second-order valence-corrected chi connectivity index (χ2v) is 4.19. The molecule has 5 nitrogen and oxygen atoms in total. The van der Waals surface area contributed by atoms with Gasteiger partial charge in [-0.05, 0) is 19.4 Å². The zero-order valence-electron chi connectivity index (χ0n) is 11.0. The third-order valence-electron chi connectivity index (χ3n) is 2.98. The Kier molecular flexibility index (Phi) is 3.83. The van der Waals surface area contributed by atoms with Crippen molar-refractivity contribution < 1.29 is 4.74 Å². The second kappa shape index (κ2) is 5.55. The Morgan fingerprint density at radius 3 is 2.68 bits per heavy atom. The molecule has 1 heterocycles. The maximum atomic E-state index is 9.05. The molecular formula is C14H16N4O. The van der Waals surface area contributed by atoms with Gasteiger partial charge in [0, 0.05) is 12.2 Å². The van der Waals surface area contributed by atoms with Crippen LogP contribution in [0, 0.1) is 11.3 Å². The number of nitrogens with zero attached hydrogens (tertiary/aromatic N) is 2. The number of benzene rings is 1. The fraction of sp³-hybridized carbons (Fsp3) is 0.286. The van der Waals surface area contributed by atoms with Gasteiger partial charge in [0.1, 0.15) is 23.1 Å². The molecule has 2 aromatic rings. The molecule has 0 aliphatic carbocycles. The van der Waals surface area contributed by atoms with Crippen LogP contribution in [0.25, 0.3) is 11.3 Å². The molecule has 0 saturated heterocycles. The van der Waals surface area contributed by atoms with E-state index in [1.165, 1.54) is 0 Å². The largest absolute Gasteiger partial charge is 0.383 e. The molecular weight excluding hydrogens is 240 g/mol. The van der Waals surface area contributed by atoms with Gasteiger partial charge in [0.2, 0.25) is 0 Å². The molecule has 1 aromatic heterocycles. The van der Waals surface area contributed by atoms with Gasteiger partial charge in [-0.25, -0.2) is 0 Å². The van der Waals surface area contributed by atoms with Gasteiger partial charge in [-0.2, -0.15) is 10.4 Å². The molecule has 0 aliphatic heterocycles. The SMILES string of the molecule is CCOC(C)c1ccc(-c2n[nH]c(N)c2C#N)cc1. The number of nitrogen functional groups attached to an aromatic ring is 1. The smallest absolute Gasteiger partial charge is 0.137 e. The summed E-state index contributed by atoms with van der Waals surface area (Å²) in [6.45, 7) is 4.65. The molecule has 5 heteroatoms. The zero-order chi connectivity index (χ0) is 13.8. The molecule has 1 atom stereocenters. The van der Waals surface area contributed by atoms with Gasteiger partial charge in [0.05, 0.1) is 6.10 Å². The molecule has 1 aromatic carbocycles. The summed E-state index contributed by atoms with van der Waals surface area (Å²) in [4.78, 5) is 0. The quantitative estimate of drug-likeness (QED) is 0.880. The number of hydrogen-bond acceptors (Lipinski definition) is 4. The van der Waals surface area contributed by atoms with E-state index < -0.39 is 0 Å². The van der Waals surface area contributed by atoms with Crippen molar-refractivity contribution in [2.75, 3.05) is 12.3 Å². The average Bonchev–Trinajstić information content (AvgIpc) is 2.80. The first-order valence-electron chi connectivity index (χ1n) is 6.13. The van der Waals surface area contributed by atoms with Crippen LogP contribution in [-0.4, -0.2) is 16.8 Å². The predicted octanol–water partition coefficient (Wildman–Crippen LogP) is 2.63. The van der Waals surface area contributed by atoms with E-state index in [9.17, 15) is 0 Å². The number of nitrogens with two attached hydrogens (primary N) is 1. The third-order valence-corrected chi connectivity index (χ3v) is 2.98. The number of aromatic amines is 1. The van der Waals surface area contributed by atoms with Crippen LogP contribution < -0.4 is 5.73 Å². The van der Waals surface area contributed by atoms with E-state index in [0.717, 1.165) is 11.1 Å². The number of aromatic nitrogens is 2. The lowest BCUT2D eigenvalue weighted by molar-refractivity contribution is 0.0764. The number of anilines is 1. The van der Waals surface area contributed by atoms with Crippen molar-refractivity contribution in [1.29, 1.82) is 5.26 Å². The highest BCUT2D eigenvalue weighted by molar-refractivity contribution is 5.72. The molecule has 0 amide bonds. The molecule has 19 heavy (non-hydrogen) atoms. The van der Waals surface area contributed by atoms with Crippen LogP contribution in [0.1, 0.15) is 31.1 Å². The van der Waals surface area contributed by atoms with Gasteiger partial charge in [-0.15, -0.1) is 0 Å². The van der Waals surface area contributed by atoms with Crippen LogP contribution in [-0.2, 0) is 4.74 Å². The predicted molar refractivity (Wildman–Crippen MR) is 73.2 cm³/mol. The topological polar surface area (TPSA) is 87.7 Å². The van der Waals surface area contributed by atoms with E-state index in [-0.39, 0.29) is 6.10 Å². The van der Waals surface area contributed by atoms with E-state index in [1.54, 1.807) is 0 Å². The number of H-pyrrole nitrogens is 1. The van der Waals surface area contributed by atoms with E-state index >= 15 is 0 Å². The van der Waals surface area contributed by atoms with Gasteiger partial charge in [0.25, 0.3) is 0 Å². The first kappa shape index (κ1) is 13.1. The standard InChI is InChI=1S/C14H16N4O/c1-3-19-9(2)10-4-6-11(7-5-10)13-12(8-15)14(16)18-17-13/h4-7,9H,3H2,1-2H3,(H3,16,17,18). The minimum absolute atomic E-state index is 0.0544. The molecule has 0 aliphatic rings. The Labute approximate surface area is 112 Å². The molecule has 0 saturated carbocycles. The van der Waals surface area contributed by atoms with Crippen LogP contribution in [0.5, 0.6) is 0 Å². The number of hydrogen-bond donors (Lipinski definition) is 2. The molecule has 0 spiro atoms. The number of ether oxygens (including phenoxy) is 1. The molecule has 0 bridgehead atoms. The van der Waals surface area contributed by atoms with Crippen molar-refractivity contribution >= 4 is 5.82 Å². The summed E-state index contributed by atoms with van der Waals surface area (Å²) >= 11 is 0. The van der Waals surface area contributed by atoms with Crippen molar-refractivity contribution in [3.05, 3.63) is 35.4 Å². The Morgan fingerprint density at radius 1 is 1.42 bits per heavy atom. The summed E-state index contributed by atoms with van der Waals surface area (Å²) < 4.78 is 5.53. The molecule has 0 fully saturated rings. The first-order valence-corrected chi connectivity index (χ1v) is 6.13. The maximum Gasteiger partial charge on any atom is 0.137 e. The summed E-state index contributed by atoms with van der Waals surface area (Å²) in [7, 11) is 0. The third kappa shape index (κ3) is 2.59. The van der Waals surface area contributed by atoms with Gasteiger partial charge in [-0.3, -0.25) is 5.10 Å². The van der Waals surface area contributed by atoms with Crippen LogP contribution in [0.15, 0.2) is 24.3 Å². The van der Waals surface area contributed by atoms with Gasteiger partial charge in [0.15, 0.2) is 0 Å². The Balaban J connectivity index is 2.30. The monoisotopic (exact) mass is 256 g/mol. The summed E-state index contributed by atoms with van der Waals surface area (Å²) in [6.07, 6.45) is 0.0544. The lowest BCUT2D eigenvalue weighted by Gasteiger charge is -2.12. The Morgan fingerprint density at radius 2 is 2.11 bits per heavy atom. The fourth-order valence-corrected chi connectivity index (χ4v) is 1.94. The number of nitriles is 1. The first-order chi connectivity index (χ1) is 9.17. The minimum Gasteiger partial charge on any atom is -0.383 e. The fourth-order valence-electron chi connectivity index (χ4n) is 1.94. The van der Waals surface area contributed by atoms with Crippen molar-refractivity contribution in [2.24, 2.45) is 0 Å². The minimum atomic E-state index is 0.0544. The van der Waals surface area contributed by atoms with Gasteiger partial charge in [-0.1, -0.05) is 24.3 Å². The van der Waals surface area contributed by atoms with Gasteiger partial charge < -0.3 is 10.5 Å². The van der Waals surface area contributed by atoms with Crippen LogP contribution in [0.3, 0.4) is 0 Å². The van der Waals surface area contributed by atoms with E-state index in [0.29, 0.717) is 23.7 Å². The van der Waals surface area contributed by atoms with Crippen LogP contribution >= 0.6 is 0 Å². The molecule has 98 valence electrons. The zero-order valence-corrected chi connectivity index (χ0v) is 11.0. The number of rotatable bonds is 4. The number of nitrogens with one attached hydrogen (secondary N) is 1. The molecule has 2 rings (SSSR count). The maximum absolute atomic E-state index is 9.05. The average molecular weight is 256 g/mol. The Bertz CT molecular complexity index is 595. The molecule has 0 radical (unpaired) electrons. The normalized spacial score (nSPS) is 12.1. The van der Waals surface area contributed by atoms with Crippen molar-refractivity contribution in [1.82, 2.24) is 10.2 Å². The summed E-state index contributed by atoms with van der Waals surface area (Å²) in [5, 5.41) is 15.7. The van der Waals surface area contributed by atoms with E-state index in [4.69, 9.17) is 15.7 Å². The highest BCUT2D eigenvalue weighted by atomic mass is 16.5. The van der Waals surface area contributed by atoms with Crippen molar-refractivity contribution in [3.63, 3.8) is 0 Å². The lowest BCUT2D eigenvalue weighted by Crippen LogP contribution is -1.99. The molecule has 3 N–H and O–H groups in total. The molecule has 1 unspecified atom stereocenters. The lowest BCUT2D eigenvalue weighted by atomic mass is 10.0. The van der Waals surface area contributed by atoms with Gasteiger partial charge >= 0.3 is 0 Å².